The third-order valence-corrected chi connectivity index (χ3v) is 12.9. The monoisotopic (exact) mass is 771 g/mol. The van der Waals surface area contributed by atoms with Gasteiger partial charge in [-0.3, -0.25) is 9.79 Å². The first-order valence-electron chi connectivity index (χ1n) is 16.4. The summed E-state index contributed by atoms with van der Waals surface area (Å²) in [5.74, 6) is 1.11. The molecule has 1 aromatic heterocycles. The first-order valence-corrected chi connectivity index (χ1v) is 18.7. The fourth-order valence-electron chi connectivity index (χ4n) is 6.65. The van der Waals surface area contributed by atoms with Crippen LogP contribution in [0.4, 0.5) is 19.0 Å². The van der Waals surface area contributed by atoms with Crippen LogP contribution in [0.15, 0.2) is 46.8 Å². The van der Waals surface area contributed by atoms with Gasteiger partial charge in [0.05, 0.1) is 30.4 Å². The molecule has 1 aromatic carbocycles. The average molecular weight is 772 g/mol. The summed E-state index contributed by atoms with van der Waals surface area (Å²) in [5, 5.41) is 53.5. The Labute approximate surface area is 304 Å². The van der Waals surface area contributed by atoms with Crippen molar-refractivity contribution in [3.63, 3.8) is 0 Å². The fourth-order valence-corrected chi connectivity index (χ4v) is 10.1. The number of ether oxygens (including phenoxy) is 4. The van der Waals surface area contributed by atoms with Gasteiger partial charge in [0.2, 0.25) is 5.91 Å². The first kappa shape index (κ1) is 40.3. The SMILES string of the molecule is CO[C@@H]1C(N/C=C(\N)c2cc(F)c(F)c(F)c2)C(O)C(S2(C)CO[C@@H]3C(N=CC(=NN)c4ccc(NC(C)=O)nc4)C(O)[C@@H](CO)O[C@H]32)OC1C(C)O. The topological polar surface area (TPSA) is 249 Å². The van der Waals surface area contributed by atoms with Gasteiger partial charge in [0.1, 0.15) is 65.1 Å². The van der Waals surface area contributed by atoms with Crippen molar-refractivity contribution in [2.24, 2.45) is 21.7 Å². The van der Waals surface area contributed by atoms with Gasteiger partial charge in [-0.1, -0.05) is 0 Å². The summed E-state index contributed by atoms with van der Waals surface area (Å²) in [6, 6.07) is 2.54. The van der Waals surface area contributed by atoms with E-state index in [0.29, 0.717) is 11.4 Å². The Morgan fingerprint density at radius 2 is 1.87 bits per heavy atom. The Balaban J connectivity index is 1.43. The van der Waals surface area contributed by atoms with E-state index in [1.54, 1.807) is 18.4 Å². The van der Waals surface area contributed by atoms with Crippen LogP contribution in [-0.2, 0) is 23.7 Å². The van der Waals surface area contributed by atoms with Gasteiger partial charge in [-0.05, 0) is 37.4 Å². The number of nitrogens with zero attached hydrogens (tertiary/aromatic N) is 3. The Morgan fingerprint density at radius 1 is 1.17 bits per heavy atom. The summed E-state index contributed by atoms with van der Waals surface area (Å²) < 4.78 is 66.0. The number of halogens is 3. The van der Waals surface area contributed by atoms with Crippen LogP contribution in [0.25, 0.3) is 5.70 Å². The van der Waals surface area contributed by atoms with Crippen LogP contribution in [0.1, 0.15) is 25.0 Å². The molecule has 3 aliphatic heterocycles. The Bertz CT molecular complexity index is 1700. The molecule has 0 saturated carbocycles. The van der Waals surface area contributed by atoms with Gasteiger partial charge < -0.3 is 61.6 Å². The molecule has 10 N–H and O–H groups in total. The maximum Gasteiger partial charge on any atom is 0.222 e. The number of methoxy groups -OCH3 is 1. The number of aliphatic hydroxyl groups excluding tert-OH is 4. The predicted molar refractivity (Wildman–Crippen MR) is 189 cm³/mol. The van der Waals surface area contributed by atoms with E-state index in [1.165, 1.54) is 39.6 Å². The zero-order valence-corrected chi connectivity index (χ0v) is 30.0. The minimum absolute atomic E-state index is 0.0175. The number of aromatic nitrogens is 1. The van der Waals surface area contributed by atoms with Crippen LogP contribution < -0.4 is 22.2 Å². The molecule has 3 saturated heterocycles. The molecule has 20 heteroatoms. The summed E-state index contributed by atoms with van der Waals surface area (Å²) in [5.41, 5.74) is 4.40. The molecule has 292 valence electrons. The minimum atomic E-state index is -2.42. The van der Waals surface area contributed by atoms with Crippen LogP contribution in [0.5, 0.6) is 0 Å². The van der Waals surface area contributed by atoms with Crippen molar-refractivity contribution in [1.29, 1.82) is 0 Å². The number of aliphatic hydroxyl groups is 4. The number of nitrogens with two attached hydrogens (primary N) is 2. The van der Waals surface area contributed by atoms with Crippen LogP contribution in [-0.4, -0.2) is 135 Å². The molecular formula is C33H44F3N7O9S. The summed E-state index contributed by atoms with van der Waals surface area (Å²) in [4.78, 5) is 20.1. The lowest BCUT2D eigenvalue weighted by Crippen LogP contribution is -2.66. The first-order chi connectivity index (χ1) is 25.1. The second-order valence-electron chi connectivity index (χ2n) is 13.0. The van der Waals surface area contributed by atoms with Crippen molar-refractivity contribution in [3.8, 4) is 0 Å². The molecule has 1 amide bonds. The number of nitrogens with one attached hydrogen (secondary N) is 2. The molecule has 0 aliphatic carbocycles. The molecule has 3 fully saturated rings. The highest BCUT2D eigenvalue weighted by atomic mass is 32.3. The van der Waals surface area contributed by atoms with E-state index in [9.17, 15) is 38.4 Å². The maximum atomic E-state index is 13.9. The van der Waals surface area contributed by atoms with Gasteiger partial charge >= 0.3 is 0 Å². The molecule has 0 bridgehead atoms. The van der Waals surface area contributed by atoms with E-state index in [4.69, 9.17) is 30.5 Å². The zero-order valence-electron chi connectivity index (χ0n) is 29.2. The highest BCUT2D eigenvalue weighted by Gasteiger charge is 2.61. The number of fused-ring (bicyclic) bond motifs is 1. The van der Waals surface area contributed by atoms with Gasteiger partial charge in [0.15, 0.2) is 17.5 Å². The highest BCUT2D eigenvalue weighted by Crippen LogP contribution is 2.64. The number of hydrogen-bond acceptors (Lipinski definition) is 15. The lowest BCUT2D eigenvalue weighted by atomic mass is 9.94. The smallest absolute Gasteiger partial charge is 0.222 e. The van der Waals surface area contributed by atoms with E-state index in [1.807, 2.05) is 0 Å². The highest BCUT2D eigenvalue weighted by molar-refractivity contribution is 8.34. The van der Waals surface area contributed by atoms with Crippen molar-refractivity contribution in [2.45, 2.75) is 79.5 Å². The molecule has 16 nitrogen and oxygen atoms in total. The van der Waals surface area contributed by atoms with Gasteiger partial charge in [0.25, 0.3) is 0 Å². The van der Waals surface area contributed by atoms with Crippen molar-refractivity contribution in [2.75, 3.05) is 31.2 Å². The number of benzene rings is 1. The van der Waals surface area contributed by atoms with Gasteiger partial charge in [-0.25, -0.2) is 18.2 Å². The van der Waals surface area contributed by atoms with Crippen molar-refractivity contribution >= 4 is 39.4 Å². The number of pyridine rings is 1. The van der Waals surface area contributed by atoms with E-state index >= 15 is 0 Å². The Kier molecular flexibility index (Phi) is 12.7. The number of hydrogen-bond donors (Lipinski definition) is 8. The van der Waals surface area contributed by atoms with E-state index in [0.717, 1.165) is 12.1 Å². The number of hydrazone groups is 1. The summed E-state index contributed by atoms with van der Waals surface area (Å²) in [6.45, 7) is 2.23. The third-order valence-electron chi connectivity index (χ3n) is 9.38. The molecule has 8 unspecified atom stereocenters. The normalized spacial score (nSPS) is 35.4. The van der Waals surface area contributed by atoms with Crippen LogP contribution in [0, 0.1) is 17.5 Å². The van der Waals surface area contributed by atoms with Crippen LogP contribution in [0.3, 0.4) is 0 Å². The predicted octanol–water partition coefficient (Wildman–Crippen LogP) is -0.175. The number of aliphatic imine (C=N–C) groups is 1. The lowest BCUT2D eigenvalue weighted by molar-refractivity contribution is -0.192. The number of anilines is 1. The Hall–Kier alpha value is -3.86. The van der Waals surface area contributed by atoms with Gasteiger partial charge in [0, 0.05) is 43.8 Å². The average Bonchev–Trinajstić information content (AvgIpc) is 3.46. The van der Waals surface area contributed by atoms with Crippen molar-refractivity contribution in [1.82, 2.24) is 10.3 Å². The molecule has 2 aromatic rings. The summed E-state index contributed by atoms with van der Waals surface area (Å²) in [6.07, 6.45) is -2.21. The van der Waals surface area contributed by atoms with E-state index in [2.05, 4.69) is 25.7 Å². The largest absolute Gasteiger partial charge is 0.397 e. The van der Waals surface area contributed by atoms with Crippen molar-refractivity contribution < 1.29 is 57.3 Å². The van der Waals surface area contributed by atoms with Gasteiger partial charge in [-0.15, -0.1) is 0 Å². The number of carbonyl (C=O) groups is 1. The van der Waals surface area contributed by atoms with E-state index < -0.39 is 99.8 Å². The third kappa shape index (κ3) is 8.15. The van der Waals surface area contributed by atoms with Crippen LogP contribution in [0.2, 0.25) is 0 Å². The van der Waals surface area contributed by atoms with Crippen molar-refractivity contribution in [3.05, 3.63) is 65.2 Å². The molecule has 4 heterocycles. The second kappa shape index (κ2) is 16.7. The number of carbonyl (C=O) groups excluding carboxylic acids is 1. The van der Waals surface area contributed by atoms with Gasteiger partial charge in [-0.2, -0.15) is 15.1 Å². The summed E-state index contributed by atoms with van der Waals surface area (Å²) >= 11 is 0. The van der Waals surface area contributed by atoms with E-state index in [-0.39, 0.29) is 28.8 Å². The second-order valence-corrected chi connectivity index (χ2v) is 16.7. The molecule has 12 atom stereocenters. The number of rotatable bonds is 11. The quantitative estimate of drug-likeness (QED) is 0.0641. The summed E-state index contributed by atoms with van der Waals surface area (Å²) in [7, 11) is -1.07. The number of amides is 1. The molecule has 3 aliphatic rings. The minimum Gasteiger partial charge on any atom is -0.397 e. The molecule has 0 radical (unpaired) electrons. The molecule has 53 heavy (non-hydrogen) atoms. The lowest BCUT2D eigenvalue weighted by Gasteiger charge is -2.54. The molecule has 0 spiro atoms. The molecule has 5 rings (SSSR count). The van der Waals surface area contributed by atoms with Crippen LogP contribution >= 0.6 is 10.0 Å². The standard InChI is InChI=1S/C33H44F3N7O9S/c1-14(45)29-30(49-3)26(40-10-20(37)17-7-18(34)24(36)19(35)8-17)28(48)32(52-29)53(4)13-50-31-25(27(47)22(12-44)51-33(31)53)41-11-21(43-38)16-5-6-23(39-9-16)42-15(2)46/h5-11,14,22,25-33,40,44-45,47-48H,12-13,37-38H2,1-4H3,(H,39,42,46)/b20-10-,41-11?,43-21?/t14?,22-,25?,26?,27?,28?,29?,30-,31-,32?,33+/m1/s1. The Morgan fingerprint density at radius 3 is 2.43 bits per heavy atom. The maximum absolute atomic E-state index is 13.9. The molecular weight excluding hydrogens is 727 g/mol. The fraction of sp³-hybridized carbons (Fsp3) is 0.515. The zero-order chi connectivity index (χ0) is 38.8.